The molecule has 134 valence electrons. The van der Waals surface area contributed by atoms with Crippen LogP contribution in [0.25, 0.3) is 5.76 Å². The Bertz CT molecular complexity index is 699. The van der Waals surface area contributed by atoms with Crippen molar-refractivity contribution in [2.45, 2.75) is 57.5 Å². The van der Waals surface area contributed by atoms with Gasteiger partial charge in [0, 0.05) is 17.9 Å². The Morgan fingerprint density at radius 2 is 1.92 bits per heavy atom. The largest absolute Gasteiger partial charge is 0.497 e. The van der Waals surface area contributed by atoms with Crippen LogP contribution in [0.15, 0.2) is 29.8 Å². The highest BCUT2D eigenvalue weighted by atomic mass is 28.4. The number of allylic oxidation sites excluding steroid dienone is 1. The maximum atomic E-state index is 9.69. The highest BCUT2D eigenvalue weighted by Gasteiger charge is 2.50. The summed E-state index contributed by atoms with van der Waals surface area (Å²) in [5.74, 6) is 1.17. The molecule has 2 aliphatic rings. The number of nitrogens with zero attached hydrogens (tertiary/aromatic N) is 1. The Kier molecular flexibility index (Phi) is 4.94. The third kappa shape index (κ3) is 3.75. The maximum Gasteiger partial charge on any atom is 0.204 e. The van der Waals surface area contributed by atoms with Crippen LogP contribution in [0.1, 0.15) is 37.7 Å². The van der Waals surface area contributed by atoms with E-state index in [-0.39, 0.29) is 5.92 Å². The van der Waals surface area contributed by atoms with Gasteiger partial charge >= 0.3 is 0 Å². The predicted molar refractivity (Wildman–Crippen MR) is 100 cm³/mol. The number of ether oxygens (including phenoxy) is 2. The average molecular weight is 358 g/mol. The summed E-state index contributed by atoms with van der Waals surface area (Å²) in [6.07, 6.45) is 4.99. The first-order valence-electron chi connectivity index (χ1n) is 9.04. The van der Waals surface area contributed by atoms with E-state index in [4.69, 9.17) is 13.9 Å². The summed E-state index contributed by atoms with van der Waals surface area (Å²) < 4.78 is 18.4. The van der Waals surface area contributed by atoms with Crippen molar-refractivity contribution in [3.63, 3.8) is 0 Å². The van der Waals surface area contributed by atoms with Crippen molar-refractivity contribution < 1.29 is 13.9 Å². The van der Waals surface area contributed by atoms with E-state index in [9.17, 15) is 5.26 Å². The fourth-order valence-corrected chi connectivity index (χ4v) is 5.24. The van der Waals surface area contributed by atoms with E-state index in [1.807, 2.05) is 24.3 Å². The molecule has 1 aliphatic heterocycles. The molecule has 5 heteroatoms. The van der Waals surface area contributed by atoms with Crippen LogP contribution in [0, 0.1) is 17.2 Å². The Morgan fingerprint density at radius 3 is 2.52 bits per heavy atom. The summed E-state index contributed by atoms with van der Waals surface area (Å²) in [5, 5.41) is 9.69. The van der Waals surface area contributed by atoms with Gasteiger partial charge in [0.15, 0.2) is 8.32 Å². The van der Waals surface area contributed by atoms with Crippen molar-refractivity contribution in [1.29, 1.82) is 5.26 Å². The summed E-state index contributed by atoms with van der Waals surface area (Å²) in [4.78, 5) is 0. The molecule has 0 radical (unpaired) electrons. The zero-order valence-corrected chi connectivity index (χ0v) is 16.6. The van der Waals surface area contributed by atoms with Crippen molar-refractivity contribution in [3.8, 4) is 11.8 Å². The van der Waals surface area contributed by atoms with Gasteiger partial charge in [0.2, 0.25) is 5.79 Å². The zero-order valence-electron chi connectivity index (χ0n) is 15.6. The lowest BCUT2D eigenvalue weighted by molar-refractivity contribution is -0.204. The molecule has 2 unspecified atom stereocenters. The molecule has 1 aromatic carbocycles. The van der Waals surface area contributed by atoms with Crippen molar-refractivity contribution in [1.82, 2.24) is 0 Å². The summed E-state index contributed by atoms with van der Waals surface area (Å²) in [7, 11) is -0.142. The summed E-state index contributed by atoms with van der Waals surface area (Å²) >= 11 is 0. The van der Waals surface area contributed by atoms with Gasteiger partial charge in [-0.05, 0) is 63.2 Å². The fourth-order valence-electron chi connectivity index (χ4n) is 3.90. The van der Waals surface area contributed by atoms with Gasteiger partial charge in [-0.25, -0.2) is 0 Å². The molecular weight excluding hydrogens is 330 g/mol. The Balaban J connectivity index is 2.01. The van der Waals surface area contributed by atoms with Crippen LogP contribution < -0.4 is 4.74 Å². The number of nitriles is 1. The first-order valence-corrected chi connectivity index (χ1v) is 12.4. The molecule has 3 rings (SSSR count). The van der Waals surface area contributed by atoms with Crippen LogP contribution in [0.4, 0.5) is 0 Å². The molecule has 1 saturated carbocycles. The van der Waals surface area contributed by atoms with Gasteiger partial charge in [0.25, 0.3) is 0 Å². The molecule has 2 atom stereocenters. The molecule has 0 spiro atoms. The number of benzene rings is 1. The number of rotatable bonds is 4. The summed E-state index contributed by atoms with van der Waals surface area (Å²) in [6.45, 7) is 6.61. The zero-order chi connectivity index (χ0) is 18.1. The first-order chi connectivity index (χ1) is 11.9. The normalized spacial score (nSPS) is 26.4. The van der Waals surface area contributed by atoms with Crippen LogP contribution in [-0.2, 0) is 9.16 Å². The highest BCUT2D eigenvalue weighted by Crippen LogP contribution is 2.49. The monoisotopic (exact) mass is 357 g/mol. The fraction of sp³-hybridized carbons (Fsp3) is 0.550. The molecule has 1 aliphatic carbocycles. The standard InChI is InChI=1S/C20H27NO3Si/c1-22-18-10-8-15(9-11-18)19-16(14-21)13-17-7-5-6-12-20(17,23-19)24-25(2,3)4/h8-11,17H,5-7,12-13H2,1-4H3. The van der Waals surface area contributed by atoms with Gasteiger partial charge in [-0.1, -0.05) is 6.42 Å². The molecule has 0 saturated heterocycles. The molecule has 1 aromatic rings. The first kappa shape index (κ1) is 18.0. The molecule has 0 amide bonds. The van der Waals surface area contributed by atoms with Crippen molar-refractivity contribution in [3.05, 3.63) is 35.4 Å². The Hall–Kier alpha value is -1.77. The quantitative estimate of drug-likeness (QED) is 0.704. The molecule has 1 heterocycles. The van der Waals surface area contributed by atoms with Gasteiger partial charge in [0.1, 0.15) is 11.5 Å². The number of hydrogen-bond donors (Lipinski definition) is 0. The predicted octanol–water partition coefficient (Wildman–Crippen LogP) is 5.09. The van der Waals surface area contributed by atoms with E-state index in [2.05, 4.69) is 25.7 Å². The third-order valence-electron chi connectivity index (χ3n) is 4.92. The maximum absolute atomic E-state index is 9.69. The summed E-state index contributed by atoms with van der Waals surface area (Å²) in [6, 6.07) is 10.1. The molecule has 25 heavy (non-hydrogen) atoms. The highest BCUT2D eigenvalue weighted by molar-refractivity contribution is 6.69. The second-order valence-corrected chi connectivity index (χ2v) is 12.4. The van der Waals surface area contributed by atoms with Crippen LogP contribution in [0.2, 0.25) is 19.6 Å². The second-order valence-electron chi connectivity index (χ2n) is 7.92. The van der Waals surface area contributed by atoms with E-state index in [0.717, 1.165) is 42.6 Å². The van der Waals surface area contributed by atoms with Gasteiger partial charge in [-0.15, -0.1) is 0 Å². The molecule has 1 fully saturated rings. The lowest BCUT2D eigenvalue weighted by Gasteiger charge is -2.49. The minimum Gasteiger partial charge on any atom is -0.497 e. The van der Waals surface area contributed by atoms with Crippen molar-refractivity contribution in [2.75, 3.05) is 7.11 Å². The van der Waals surface area contributed by atoms with E-state index in [0.29, 0.717) is 5.76 Å². The van der Waals surface area contributed by atoms with E-state index in [1.165, 1.54) is 6.42 Å². The van der Waals surface area contributed by atoms with Crippen LogP contribution >= 0.6 is 0 Å². The molecule has 0 N–H and O–H groups in total. The van der Waals surface area contributed by atoms with Crippen molar-refractivity contribution >= 4 is 14.1 Å². The van der Waals surface area contributed by atoms with Gasteiger partial charge in [-0.3, -0.25) is 0 Å². The minimum atomic E-state index is -1.79. The Morgan fingerprint density at radius 1 is 1.20 bits per heavy atom. The van der Waals surface area contributed by atoms with Crippen molar-refractivity contribution in [2.24, 2.45) is 5.92 Å². The third-order valence-corrected chi connectivity index (χ3v) is 5.87. The van der Waals surface area contributed by atoms with E-state index in [1.54, 1.807) is 7.11 Å². The van der Waals surface area contributed by atoms with Gasteiger partial charge in [0.05, 0.1) is 18.8 Å². The molecule has 4 nitrogen and oxygen atoms in total. The smallest absolute Gasteiger partial charge is 0.204 e. The summed E-state index contributed by atoms with van der Waals surface area (Å²) in [5.41, 5.74) is 1.65. The SMILES string of the molecule is COc1ccc(C2=C(C#N)CC3CCCCC3(O[Si](C)(C)C)O2)cc1. The topological polar surface area (TPSA) is 51.5 Å². The lowest BCUT2D eigenvalue weighted by Crippen LogP contribution is -2.53. The molecule has 0 bridgehead atoms. The number of fused-ring (bicyclic) bond motifs is 1. The molecule has 0 aromatic heterocycles. The van der Waals surface area contributed by atoms with E-state index < -0.39 is 14.1 Å². The van der Waals surface area contributed by atoms with Crippen LogP contribution in [-0.4, -0.2) is 21.2 Å². The average Bonchev–Trinajstić information content (AvgIpc) is 2.59. The van der Waals surface area contributed by atoms with Gasteiger partial charge in [-0.2, -0.15) is 5.26 Å². The van der Waals surface area contributed by atoms with E-state index >= 15 is 0 Å². The number of methoxy groups -OCH3 is 1. The minimum absolute atomic E-state index is 0.268. The van der Waals surface area contributed by atoms with Crippen LogP contribution in [0.3, 0.4) is 0 Å². The Labute approximate surface area is 151 Å². The second kappa shape index (κ2) is 6.85. The lowest BCUT2D eigenvalue weighted by atomic mass is 9.77. The van der Waals surface area contributed by atoms with Crippen LogP contribution in [0.5, 0.6) is 5.75 Å². The number of hydrogen-bond acceptors (Lipinski definition) is 4. The van der Waals surface area contributed by atoms with Gasteiger partial charge < -0.3 is 13.9 Å². The molecular formula is C20H27NO3Si.